The van der Waals surface area contributed by atoms with Gasteiger partial charge in [0.25, 0.3) is 0 Å². The largest absolute Gasteiger partial charge is 0.399 e. The van der Waals surface area contributed by atoms with E-state index in [1.165, 1.54) is 0 Å². The summed E-state index contributed by atoms with van der Waals surface area (Å²) < 4.78 is 0. The summed E-state index contributed by atoms with van der Waals surface area (Å²) >= 11 is 0. The lowest BCUT2D eigenvalue weighted by Crippen LogP contribution is -2.31. The molecule has 2 unspecified atom stereocenters. The van der Waals surface area contributed by atoms with Gasteiger partial charge < -0.3 is 16.2 Å². The molecule has 4 nitrogen and oxygen atoms in total. The van der Waals surface area contributed by atoms with Crippen LogP contribution < -0.4 is 11.1 Å². The van der Waals surface area contributed by atoms with Crippen LogP contribution in [0.3, 0.4) is 0 Å². The van der Waals surface area contributed by atoms with E-state index in [2.05, 4.69) is 5.32 Å². The average Bonchev–Trinajstić information content (AvgIpc) is 2.91. The van der Waals surface area contributed by atoms with E-state index in [1.54, 1.807) is 0 Å². The number of hydrogen-bond acceptors (Lipinski definition) is 3. The van der Waals surface area contributed by atoms with Crippen LogP contribution in [0.25, 0.3) is 0 Å². The van der Waals surface area contributed by atoms with Crippen LogP contribution in [0.1, 0.15) is 31.2 Å². The second-order valence-corrected chi connectivity index (χ2v) is 5.64. The molecule has 1 aromatic carbocycles. The summed E-state index contributed by atoms with van der Waals surface area (Å²) in [6.07, 6.45) is 4.48. The number of anilines is 1. The number of hydrogen-bond donors (Lipinski definition) is 3. The van der Waals surface area contributed by atoms with E-state index in [0.29, 0.717) is 31.2 Å². The zero-order chi connectivity index (χ0) is 14.4. The molecule has 110 valence electrons. The average molecular weight is 276 g/mol. The zero-order valence-electron chi connectivity index (χ0n) is 11.8. The Morgan fingerprint density at radius 2 is 2.05 bits per heavy atom. The number of para-hydroxylation sites is 1. The van der Waals surface area contributed by atoms with Crippen molar-refractivity contribution in [3.8, 4) is 0 Å². The maximum Gasteiger partial charge on any atom is 0.220 e. The molecule has 0 heterocycles. The lowest BCUT2D eigenvalue weighted by molar-refractivity contribution is -0.121. The first-order chi connectivity index (χ1) is 9.70. The Balaban J connectivity index is 1.72. The molecule has 4 N–H and O–H groups in total. The Hall–Kier alpha value is -1.55. The molecule has 2 rings (SSSR count). The van der Waals surface area contributed by atoms with Gasteiger partial charge in [0.2, 0.25) is 5.91 Å². The van der Waals surface area contributed by atoms with Crippen molar-refractivity contribution >= 4 is 11.6 Å². The van der Waals surface area contributed by atoms with E-state index in [4.69, 9.17) is 5.73 Å². The summed E-state index contributed by atoms with van der Waals surface area (Å²) in [4.78, 5) is 11.9. The number of amides is 1. The van der Waals surface area contributed by atoms with Crippen molar-refractivity contribution in [3.05, 3.63) is 29.8 Å². The molecule has 2 atom stereocenters. The first-order valence-electron chi connectivity index (χ1n) is 7.41. The minimum atomic E-state index is 0.0665. The highest BCUT2D eigenvalue weighted by atomic mass is 16.3. The number of carbonyl (C=O) groups excluding carboxylic acids is 1. The fraction of sp³-hybridized carbons (Fsp3) is 0.562. The fourth-order valence-electron chi connectivity index (χ4n) is 2.97. The van der Waals surface area contributed by atoms with Crippen LogP contribution in [0.2, 0.25) is 0 Å². The number of aryl methyl sites for hydroxylation is 1. The number of aliphatic hydroxyl groups is 1. The summed E-state index contributed by atoms with van der Waals surface area (Å²) in [6.45, 7) is 0.926. The maximum absolute atomic E-state index is 11.9. The van der Waals surface area contributed by atoms with Gasteiger partial charge in [0, 0.05) is 25.3 Å². The molecule has 0 radical (unpaired) electrons. The van der Waals surface area contributed by atoms with Crippen molar-refractivity contribution in [1.29, 1.82) is 0 Å². The van der Waals surface area contributed by atoms with Crippen molar-refractivity contribution in [1.82, 2.24) is 5.32 Å². The predicted molar refractivity (Wildman–Crippen MR) is 80.1 cm³/mol. The lowest BCUT2D eigenvalue weighted by atomic mass is 9.97. The van der Waals surface area contributed by atoms with Gasteiger partial charge in [-0.3, -0.25) is 4.79 Å². The summed E-state index contributed by atoms with van der Waals surface area (Å²) in [7, 11) is 0. The van der Waals surface area contributed by atoms with Gasteiger partial charge >= 0.3 is 0 Å². The van der Waals surface area contributed by atoms with Crippen LogP contribution in [-0.4, -0.2) is 24.2 Å². The van der Waals surface area contributed by atoms with Crippen molar-refractivity contribution in [2.45, 2.75) is 32.1 Å². The molecule has 1 saturated carbocycles. The standard InChI is InChI=1S/C16H24N2O2/c17-15-7-2-1-4-12(15)8-9-16(20)18-10-13-5-3-6-14(13)11-19/h1-2,4,7,13-14,19H,3,5-6,8-11,17H2,(H,18,20). The van der Waals surface area contributed by atoms with Crippen molar-refractivity contribution in [3.63, 3.8) is 0 Å². The number of aliphatic hydroxyl groups excluding tert-OH is 1. The van der Waals surface area contributed by atoms with E-state index in [0.717, 1.165) is 30.5 Å². The van der Waals surface area contributed by atoms with Gasteiger partial charge in [-0.05, 0) is 42.7 Å². The predicted octanol–water partition coefficient (Wildman–Crippen LogP) is 1.73. The van der Waals surface area contributed by atoms with Crippen LogP contribution in [0.15, 0.2) is 24.3 Å². The fourth-order valence-corrected chi connectivity index (χ4v) is 2.97. The van der Waals surface area contributed by atoms with Crippen molar-refractivity contribution in [2.75, 3.05) is 18.9 Å². The molecule has 1 amide bonds. The van der Waals surface area contributed by atoms with Crippen molar-refractivity contribution < 1.29 is 9.90 Å². The molecule has 1 aliphatic rings. The molecule has 0 bridgehead atoms. The SMILES string of the molecule is Nc1ccccc1CCC(=O)NCC1CCCC1CO. The van der Waals surface area contributed by atoms with E-state index < -0.39 is 0 Å². The van der Waals surface area contributed by atoms with Gasteiger partial charge in [0.15, 0.2) is 0 Å². The third-order valence-electron chi connectivity index (χ3n) is 4.29. The molecule has 1 fully saturated rings. The molecule has 0 aliphatic heterocycles. The monoisotopic (exact) mass is 276 g/mol. The topological polar surface area (TPSA) is 75.4 Å². The third-order valence-corrected chi connectivity index (χ3v) is 4.29. The minimum absolute atomic E-state index is 0.0665. The second-order valence-electron chi connectivity index (χ2n) is 5.64. The van der Waals surface area contributed by atoms with Crippen LogP contribution >= 0.6 is 0 Å². The number of carbonyl (C=O) groups is 1. The van der Waals surface area contributed by atoms with Gasteiger partial charge in [-0.2, -0.15) is 0 Å². The molecule has 0 saturated heterocycles. The zero-order valence-corrected chi connectivity index (χ0v) is 11.8. The van der Waals surface area contributed by atoms with Gasteiger partial charge in [-0.25, -0.2) is 0 Å². The number of nitrogens with one attached hydrogen (secondary N) is 1. The first kappa shape index (κ1) is 14.9. The van der Waals surface area contributed by atoms with Crippen LogP contribution in [-0.2, 0) is 11.2 Å². The van der Waals surface area contributed by atoms with Gasteiger partial charge in [-0.1, -0.05) is 24.6 Å². The lowest BCUT2D eigenvalue weighted by Gasteiger charge is -2.17. The number of nitrogen functional groups attached to an aromatic ring is 1. The molecular formula is C16H24N2O2. The second kappa shape index (κ2) is 7.29. The number of benzene rings is 1. The molecular weight excluding hydrogens is 252 g/mol. The number of nitrogens with two attached hydrogens (primary N) is 1. The first-order valence-corrected chi connectivity index (χ1v) is 7.41. The molecule has 20 heavy (non-hydrogen) atoms. The summed E-state index contributed by atoms with van der Waals surface area (Å²) in [6, 6.07) is 7.65. The van der Waals surface area contributed by atoms with E-state index in [-0.39, 0.29) is 12.5 Å². The van der Waals surface area contributed by atoms with Gasteiger partial charge in [-0.15, -0.1) is 0 Å². The normalized spacial score (nSPS) is 21.9. The van der Waals surface area contributed by atoms with Crippen LogP contribution in [0.4, 0.5) is 5.69 Å². The summed E-state index contributed by atoms with van der Waals surface area (Å²) in [5.74, 6) is 0.864. The quantitative estimate of drug-likeness (QED) is 0.693. The van der Waals surface area contributed by atoms with Crippen LogP contribution in [0.5, 0.6) is 0 Å². The molecule has 0 aromatic heterocycles. The third kappa shape index (κ3) is 3.97. The molecule has 1 aliphatic carbocycles. The van der Waals surface area contributed by atoms with E-state index in [1.807, 2.05) is 24.3 Å². The summed E-state index contributed by atoms with van der Waals surface area (Å²) in [5.41, 5.74) is 7.63. The highest BCUT2D eigenvalue weighted by Crippen LogP contribution is 2.30. The Kier molecular flexibility index (Phi) is 5.41. The number of rotatable bonds is 6. The van der Waals surface area contributed by atoms with E-state index in [9.17, 15) is 9.90 Å². The smallest absolute Gasteiger partial charge is 0.220 e. The Morgan fingerprint density at radius 3 is 2.80 bits per heavy atom. The molecule has 4 heteroatoms. The highest BCUT2D eigenvalue weighted by molar-refractivity contribution is 5.76. The van der Waals surface area contributed by atoms with E-state index >= 15 is 0 Å². The van der Waals surface area contributed by atoms with Gasteiger partial charge in [0.05, 0.1) is 0 Å². The highest BCUT2D eigenvalue weighted by Gasteiger charge is 2.26. The Bertz CT molecular complexity index is 448. The Labute approximate surface area is 120 Å². The van der Waals surface area contributed by atoms with Crippen molar-refractivity contribution in [2.24, 2.45) is 11.8 Å². The van der Waals surface area contributed by atoms with Crippen LogP contribution in [0, 0.1) is 11.8 Å². The maximum atomic E-state index is 11.9. The molecule has 1 aromatic rings. The minimum Gasteiger partial charge on any atom is -0.399 e. The summed E-state index contributed by atoms with van der Waals surface area (Å²) in [5, 5.41) is 12.2. The Morgan fingerprint density at radius 1 is 1.30 bits per heavy atom. The molecule has 0 spiro atoms. The van der Waals surface area contributed by atoms with Gasteiger partial charge in [0.1, 0.15) is 0 Å².